The highest BCUT2D eigenvalue weighted by molar-refractivity contribution is 5.91. The van der Waals surface area contributed by atoms with Crippen LogP contribution in [0.3, 0.4) is 0 Å². The molecule has 1 atom stereocenters. The second kappa shape index (κ2) is 4.18. The van der Waals surface area contributed by atoms with Crippen LogP contribution in [-0.4, -0.2) is 43.4 Å². The van der Waals surface area contributed by atoms with E-state index in [9.17, 15) is 9.59 Å². The Kier molecular flexibility index (Phi) is 3.34. The first-order chi connectivity index (χ1) is 6.93. The van der Waals surface area contributed by atoms with Crippen LogP contribution in [0.2, 0.25) is 0 Å². The number of carbonyl (C=O) groups is 2. The molecule has 0 heterocycles. The lowest BCUT2D eigenvalue weighted by Crippen LogP contribution is -2.48. The van der Waals surface area contributed by atoms with E-state index in [1.54, 1.807) is 21.0 Å². The zero-order chi connectivity index (χ0) is 11.6. The van der Waals surface area contributed by atoms with Gasteiger partial charge < -0.3 is 16.0 Å². The Bertz CT molecular complexity index is 272. The van der Waals surface area contributed by atoms with Crippen LogP contribution in [0, 0.1) is 5.41 Å². The summed E-state index contributed by atoms with van der Waals surface area (Å²) in [6.07, 6.45) is 1.66. The van der Waals surface area contributed by atoms with Gasteiger partial charge in [-0.25, -0.2) is 0 Å². The maximum absolute atomic E-state index is 11.7. The molecule has 0 radical (unpaired) electrons. The molecule has 5 heteroatoms. The summed E-state index contributed by atoms with van der Waals surface area (Å²) in [7, 11) is 3.33. The summed E-state index contributed by atoms with van der Waals surface area (Å²) >= 11 is 0. The molecule has 1 aliphatic rings. The Labute approximate surface area is 90.0 Å². The van der Waals surface area contributed by atoms with Crippen LogP contribution in [0.4, 0.5) is 0 Å². The average molecular weight is 213 g/mol. The topological polar surface area (TPSA) is 75.4 Å². The Balaban J connectivity index is 2.48. The first-order valence-corrected chi connectivity index (χ1v) is 5.15. The van der Waals surface area contributed by atoms with Gasteiger partial charge in [-0.1, -0.05) is 0 Å². The molecule has 0 aromatic carbocycles. The van der Waals surface area contributed by atoms with Crippen molar-refractivity contribution in [2.45, 2.75) is 25.8 Å². The second-order valence-corrected chi connectivity index (χ2v) is 4.41. The van der Waals surface area contributed by atoms with Gasteiger partial charge >= 0.3 is 0 Å². The van der Waals surface area contributed by atoms with Gasteiger partial charge in [0.25, 0.3) is 0 Å². The van der Waals surface area contributed by atoms with E-state index in [2.05, 4.69) is 5.32 Å². The van der Waals surface area contributed by atoms with Crippen LogP contribution in [-0.2, 0) is 9.59 Å². The first kappa shape index (κ1) is 12.0. The van der Waals surface area contributed by atoms with Gasteiger partial charge in [0.15, 0.2) is 0 Å². The minimum Gasteiger partial charge on any atom is -0.347 e. The Morgan fingerprint density at radius 1 is 1.47 bits per heavy atom. The minimum atomic E-state index is -0.475. The Morgan fingerprint density at radius 2 is 2.00 bits per heavy atom. The molecule has 5 nitrogen and oxygen atoms in total. The monoisotopic (exact) mass is 213 g/mol. The van der Waals surface area contributed by atoms with Crippen molar-refractivity contribution in [1.29, 1.82) is 0 Å². The van der Waals surface area contributed by atoms with Gasteiger partial charge in [-0.05, 0) is 19.8 Å². The Morgan fingerprint density at radius 3 is 2.33 bits per heavy atom. The van der Waals surface area contributed by atoms with E-state index in [4.69, 9.17) is 5.73 Å². The summed E-state index contributed by atoms with van der Waals surface area (Å²) in [6.45, 7) is 2.05. The fraction of sp³-hybridized carbons (Fsp3) is 0.800. The molecular weight excluding hydrogens is 194 g/mol. The number of rotatable bonds is 4. The summed E-state index contributed by atoms with van der Waals surface area (Å²) in [6, 6.07) is -0.475. The minimum absolute atomic E-state index is 0.0901. The molecule has 0 saturated heterocycles. The van der Waals surface area contributed by atoms with Crippen molar-refractivity contribution in [3.63, 3.8) is 0 Å². The van der Waals surface area contributed by atoms with Gasteiger partial charge in [-0.3, -0.25) is 9.59 Å². The van der Waals surface area contributed by atoms with E-state index >= 15 is 0 Å². The van der Waals surface area contributed by atoms with Gasteiger partial charge in [0.05, 0.1) is 5.41 Å². The van der Waals surface area contributed by atoms with Crippen LogP contribution >= 0.6 is 0 Å². The number of likely N-dealkylation sites (N-methyl/N-ethyl adjacent to an activating group) is 1. The van der Waals surface area contributed by atoms with E-state index in [-0.39, 0.29) is 17.2 Å². The highest BCUT2D eigenvalue weighted by atomic mass is 16.2. The number of hydrogen-bond donors (Lipinski definition) is 2. The second-order valence-electron chi connectivity index (χ2n) is 4.41. The van der Waals surface area contributed by atoms with Crippen LogP contribution < -0.4 is 11.1 Å². The number of nitrogens with zero attached hydrogens (tertiary/aromatic N) is 1. The molecule has 0 bridgehead atoms. The van der Waals surface area contributed by atoms with Gasteiger partial charge in [-0.2, -0.15) is 0 Å². The first-order valence-electron chi connectivity index (χ1n) is 5.15. The summed E-state index contributed by atoms with van der Waals surface area (Å²) in [5.74, 6) is -0.191. The number of carbonyl (C=O) groups excluding carboxylic acids is 2. The predicted octanol–water partition coefficient (Wildman–Crippen LogP) is -0.682. The van der Waals surface area contributed by atoms with Crippen molar-refractivity contribution < 1.29 is 9.59 Å². The predicted molar refractivity (Wildman–Crippen MR) is 57.0 cm³/mol. The average Bonchev–Trinajstić information content (AvgIpc) is 2.96. The van der Waals surface area contributed by atoms with Crippen LogP contribution in [0.25, 0.3) is 0 Å². The van der Waals surface area contributed by atoms with E-state index in [0.717, 1.165) is 12.8 Å². The lowest BCUT2D eigenvalue weighted by molar-refractivity contribution is -0.135. The lowest BCUT2D eigenvalue weighted by atomic mass is 10.1. The third-order valence-electron chi connectivity index (χ3n) is 2.88. The summed E-state index contributed by atoms with van der Waals surface area (Å²) in [4.78, 5) is 24.7. The number of hydrogen-bond acceptors (Lipinski definition) is 3. The van der Waals surface area contributed by atoms with Gasteiger partial charge in [-0.15, -0.1) is 0 Å². The smallest absolute Gasteiger partial charge is 0.244 e. The highest BCUT2D eigenvalue weighted by Crippen LogP contribution is 2.44. The summed E-state index contributed by atoms with van der Waals surface area (Å²) in [5, 5.41) is 2.70. The number of nitrogens with one attached hydrogen (secondary N) is 1. The SMILES string of the molecule is CC(NC(=O)C1(CN)CC1)C(=O)N(C)C. The quantitative estimate of drug-likeness (QED) is 0.649. The van der Waals surface area contributed by atoms with Crippen LogP contribution in [0.1, 0.15) is 19.8 Å². The molecule has 0 aliphatic heterocycles. The Hall–Kier alpha value is -1.10. The summed E-state index contributed by atoms with van der Waals surface area (Å²) < 4.78 is 0. The fourth-order valence-corrected chi connectivity index (χ4v) is 1.47. The molecular formula is C10H19N3O2. The van der Waals surface area contributed by atoms with Crippen molar-refractivity contribution in [3.8, 4) is 0 Å². The van der Waals surface area contributed by atoms with Crippen molar-refractivity contribution in [2.75, 3.05) is 20.6 Å². The molecule has 15 heavy (non-hydrogen) atoms. The number of amides is 2. The van der Waals surface area contributed by atoms with Crippen molar-refractivity contribution in [1.82, 2.24) is 10.2 Å². The molecule has 0 aromatic rings. The van der Waals surface area contributed by atoms with Crippen molar-refractivity contribution in [3.05, 3.63) is 0 Å². The molecule has 0 aromatic heterocycles. The van der Waals surface area contributed by atoms with E-state index in [1.807, 2.05) is 0 Å². The zero-order valence-electron chi connectivity index (χ0n) is 9.54. The normalized spacial score (nSPS) is 19.2. The van der Waals surface area contributed by atoms with E-state index in [1.165, 1.54) is 4.90 Å². The van der Waals surface area contributed by atoms with Crippen LogP contribution in [0.15, 0.2) is 0 Å². The third kappa shape index (κ3) is 2.47. The molecule has 1 aliphatic carbocycles. The molecule has 1 fully saturated rings. The zero-order valence-corrected chi connectivity index (χ0v) is 9.54. The molecule has 86 valence electrons. The molecule has 2 amide bonds. The van der Waals surface area contributed by atoms with E-state index < -0.39 is 6.04 Å². The lowest BCUT2D eigenvalue weighted by Gasteiger charge is -2.20. The molecule has 0 spiro atoms. The standard InChI is InChI=1S/C10H19N3O2/c1-7(8(14)13(2)3)12-9(15)10(6-11)4-5-10/h7H,4-6,11H2,1-3H3,(H,12,15). The van der Waals surface area contributed by atoms with Gasteiger partial charge in [0.1, 0.15) is 6.04 Å². The fourth-order valence-electron chi connectivity index (χ4n) is 1.47. The summed E-state index contributed by atoms with van der Waals surface area (Å²) in [5.41, 5.74) is 5.14. The number of nitrogens with two attached hydrogens (primary N) is 1. The van der Waals surface area contributed by atoms with Gasteiger partial charge in [0, 0.05) is 20.6 Å². The molecule has 3 N–H and O–H groups in total. The molecule has 1 rings (SSSR count). The van der Waals surface area contributed by atoms with E-state index in [0.29, 0.717) is 6.54 Å². The highest BCUT2D eigenvalue weighted by Gasteiger charge is 2.49. The van der Waals surface area contributed by atoms with Crippen molar-refractivity contribution in [2.24, 2.45) is 11.1 Å². The van der Waals surface area contributed by atoms with Crippen molar-refractivity contribution >= 4 is 11.8 Å². The molecule has 1 saturated carbocycles. The van der Waals surface area contributed by atoms with Crippen LogP contribution in [0.5, 0.6) is 0 Å². The largest absolute Gasteiger partial charge is 0.347 e. The third-order valence-corrected chi connectivity index (χ3v) is 2.88. The molecule has 1 unspecified atom stereocenters. The maximum Gasteiger partial charge on any atom is 0.244 e. The maximum atomic E-state index is 11.7. The van der Waals surface area contributed by atoms with Gasteiger partial charge in [0.2, 0.25) is 11.8 Å².